The molecule has 1 atom stereocenters. The summed E-state index contributed by atoms with van der Waals surface area (Å²) in [5, 5.41) is 0. The van der Waals surface area contributed by atoms with E-state index in [0.717, 1.165) is 24.2 Å². The molecule has 1 aliphatic heterocycles. The van der Waals surface area contributed by atoms with Crippen LogP contribution in [0.3, 0.4) is 0 Å². The van der Waals surface area contributed by atoms with Crippen molar-refractivity contribution in [2.24, 2.45) is 0 Å². The molecule has 0 aliphatic carbocycles. The van der Waals surface area contributed by atoms with Gasteiger partial charge in [-0.2, -0.15) is 0 Å². The highest BCUT2D eigenvalue weighted by molar-refractivity contribution is 5.97. The highest BCUT2D eigenvalue weighted by atomic mass is 19.2. The molecule has 1 aromatic carbocycles. The standard InChI is InChI=1S/C27H38F5NO3/c1-2-3-4-5-6-7-8-9-10-11-12-13-14-18-36-27(35)19-16-15-17-33(19)26(34)20-21(28)23(30)25(32)24(31)22(20)29/h19H,2-18H2,1H3. The van der Waals surface area contributed by atoms with Crippen molar-refractivity contribution in [2.45, 2.75) is 109 Å². The molecule has 36 heavy (non-hydrogen) atoms. The summed E-state index contributed by atoms with van der Waals surface area (Å²) < 4.78 is 73.6. The predicted molar refractivity (Wildman–Crippen MR) is 127 cm³/mol. The molecule has 0 aromatic heterocycles. The molecule has 1 amide bonds. The lowest BCUT2D eigenvalue weighted by molar-refractivity contribution is -0.148. The molecule has 0 bridgehead atoms. The highest BCUT2D eigenvalue weighted by Gasteiger charge is 2.39. The van der Waals surface area contributed by atoms with Crippen LogP contribution in [0.15, 0.2) is 0 Å². The van der Waals surface area contributed by atoms with Crippen molar-refractivity contribution >= 4 is 11.9 Å². The normalized spacial score (nSPS) is 15.5. The van der Waals surface area contributed by atoms with Crippen molar-refractivity contribution in [3.05, 3.63) is 34.6 Å². The van der Waals surface area contributed by atoms with Crippen LogP contribution < -0.4 is 0 Å². The van der Waals surface area contributed by atoms with E-state index in [1.807, 2.05) is 0 Å². The van der Waals surface area contributed by atoms with Crippen LogP contribution >= 0.6 is 0 Å². The van der Waals surface area contributed by atoms with Crippen molar-refractivity contribution in [3.8, 4) is 0 Å². The third-order valence-corrected chi connectivity index (χ3v) is 6.70. The first kappa shape index (κ1) is 30.0. The number of nitrogens with zero attached hydrogens (tertiary/aromatic N) is 1. The quantitative estimate of drug-likeness (QED) is 0.0742. The van der Waals surface area contributed by atoms with E-state index in [2.05, 4.69) is 6.92 Å². The molecule has 204 valence electrons. The lowest BCUT2D eigenvalue weighted by atomic mass is 10.0. The van der Waals surface area contributed by atoms with Crippen LogP contribution in [0, 0.1) is 29.1 Å². The first-order chi connectivity index (χ1) is 17.3. The molecule has 1 saturated heterocycles. The molecule has 1 heterocycles. The average Bonchev–Trinajstić information content (AvgIpc) is 3.36. The van der Waals surface area contributed by atoms with E-state index < -0.39 is 52.6 Å². The van der Waals surface area contributed by atoms with Gasteiger partial charge < -0.3 is 9.64 Å². The number of hydrogen-bond donors (Lipinski definition) is 0. The van der Waals surface area contributed by atoms with E-state index in [-0.39, 0.29) is 19.6 Å². The number of amides is 1. The largest absolute Gasteiger partial charge is 0.464 e. The monoisotopic (exact) mass is 519 g/mol. The van der Waals surface area contributed by atoms with Crippen LogP contribution in [0.1, 0.15) is 114 Å². The van der Waals surface area contributed by atoms with Gasteiger partial charge in [-0.3, -0.25) is 4.79 Å². The van der Waals surface area contributed by atoms with Crippen LogP contribution in [-0.4, -0.2) is 36.0 Å². The Labute approximate surface area is 210 Å². The maximum atomic E-state index is 14.0. The average molecular weight is 520 g/mol. The van der Waals surface area contributed by atoms with E-state index in [1.165, 1.54) is 57.8 Å². The van der Waals surface area contributed by atoms with Crippen molar-refractivity contribution in [1.82, 2.24) is 4.90 Å². The first-order valence-electron chi connectivity index (χ1n) is 13.3. The van der Waals surface area contributed by atoms with Crippen LogP contribution in [-0.2, 0) is 9.53 Å². The Balaban J connectivity index is 1.67. The summed E-state index contributed by atoms with van der Waals surface area (Å²) in [7, 11) is 0. The molecule has 4 nitrogen and oxygen atoms in total. The summed E-state index contributed by atoms with van der Waals surface area (Å²) in [5.41, 5.74) is -1.55. The fourth-order valence-electron chi connectivity index (χ4n) is 4.58. The SMILES string of the molecule is CCCCCCCCCCCCCCCOC(=O)C1CCCN1C(=O)c1c(F)c(F)c(F)c(F)c1F. The van der Waals surface area contributed by atoms with Crippen LogP contribution in [0.2, 0.25) is 0 Å². The molecule has 2 rings (SSSR count). The van der Waals surface area contributed by atoms with E-state index in [9.17, 15) is 31.5 Å². The Morgan fingerprint density at radius 3 is 1.67 bits per heavy atom. The highest BCUT2D eigenvalue weighted by Crippen LogP contribution is 2.28. The summed E-state index contributed by atoms with van der Waals surface area (Å²) >= 11 is 0. The van der Waals surface area contributed by atoms with Crippen LogP contribution in [0.4, 0.5) is 22.0 Å². The number of carbonyl (C=O) groups is 2. The number of carbonyl (C=O) groups excluding carboxylic acids is 2. The summed E-state index contributed by atoms with van der Waals surface area (Å²) in [4.78, 5) is 25.9. The molecule has 1 aliphatic rings. The number of esters is 1. The van der Waals surface area contributed by atoms with Gasteiger partial charge in [0.25, 0.3) is 5.91 Å². The first-order valence-corrected chi connectivity index (χ1v) is 13.3. The summed E-state index contributed by atoms with van der Waals surface area (Å²) in [6, 6.07) is -1.12. The number of benzene rings is 1. The Morgan fingerprint density at radius 2 is 1.17 bits per heavy atom. The Bertz CT molecular complexity index is 835. The molecule has 1 unspecified atom stereocenters. The molecule has 0 saturated carbocycles. The Kier molecular flexibility index (Phi) is 13.2. The van der Waals surface area contributed by atoms with E-state index in [0.29, 0.717) is 12.8 Å². The summed E-state index contributed by atoms with van der Waals surface area (Å²) in [6.45, 7) is 2.32. The van der Waals surface area contributed by atoms with Gasteiger partial charge in [-0.25, -0.2) is 26.7 Å². The second kappa shape index (κ2) is 15.8. The van der Waals surface area contributed by atoms with Gasteiger partial charge in [-0.1, -0.05) is 84.0 Å². The predicted octanol–water partition coefficient (Wildman–Crippen LogP) is 7.62. The summed E-state index contributed by atoms with van der Waals surface area (Å²) in [5.74, 6) is -13.3. The minimum atomic E-state index is -2.34. The van der Waals surface area contributed by atoms with E-state index in [4.69, 9.17) is 4.74 Å². The molecule has 9 heteroatoms. The van der Waals surface area contributed by atoms with Gasteiger partial charge in [0, 0.05) is 6.54 Å². The van der Waals surface area contributed by atoms with Gasteiger partial charge in [-0.05, 0) is 19.3 Å². The number of hydrogen-bond acceptors (Lipinski definition) is 3. The number of likely N-dealkylation sites (tertiary alicyclic amines) is 1. The van der Waals surface area contributed by atoms with E-state index in [1.54, 1.807) is 0 Å². The minimum absolute atomic E-state index is 0.0448. The molecular weight excluding hydrogens is 481 g/mol. The number of ether oxygens (including phenoxy) is 1. The van der Waals surface area contributed by atoms with E-state index >= 15 is 0 Å². The van der Waals surface area contributed by atoms with Gasteiger partial charge in [0.2, 0.25) is 5.82 Å². The maximum absolute atomic E-state index is 14.0. The lowest BCUT2D eigenvalue weighted by Gasteiger charge is -2.24. The second-order valence-electron chi connectivity index (χ2n) is 9.51. The fourth-order valence-corrected chi connectivity index (χ4v) is 4.58. The summed E-state index contributed by atoms with van der Waals surface area (Å²) in [6.07, 6.45) is 15.8. The zero-order valence-corrected chi connectivity index (χ0v) is 21.2. The molecule has 1 aromatic rings. The molecule has 0 spiro atoms. The molecule has 1 fully saturated rings. The van der Waals surface area contributed by atoms with Gasteiger partial charge in [0.1, 0.15) is 11.6 Å². The van der Waals surface area contributed by atoms with Gasteiger partial charge in [0.15, 0.2) is 23.3 Å². The maximum Gasteiger partial charge on any atom is 0.328 e. The van der Waals surface area contributed by atoms with Gasteiger partial charge in [-0.15, -0.1) is 0 Å². The lowest BCUT2D eigenvalue weighted by Crippen LogP contribution is -2.42. The zero-order valence-electron chi connectivity index (χ0n) is 21.2. The van der Waals surface area contributed by atoms with Crippen molar-refractivity contribution in [2.75, 3.05) is 13.2 Å². The Morgan fingerprint density at radius 1 is 0.722 bits per heavy atom. The number of unbranched alkanes of at least 4 members (excludes halogenated alkanes) is 12. The van der Waals surface area contributed by atoms with Gasteiger partial charge >= 0.3 is 5.97 Å². The van der Waals surface area contributed by atoms with Crippen LogP contribution in [0.5, 0.6) is 0 Å². The zero-order chi connectivity index (χ0) is 26.5. The Hall–Kier alpha value is -2.19. The molecule has 0 radical (unpaired) electrons. The third kappa shape index (κ3) is 8.44. The van der Waals surface area contributed by atoms with Crippen molar-refractivity contribution in [3.63, 3.8) is 0 Å². The van der Waals surface area contributed by atoms with Crippen LogP contribution in [0.25, 0.3) is 0 Å². The second-order valence-corrected chi connectivity index (χ2v) is 9.51. The number of halogens is 5. The minimum Gasteiger partial charge on any atom is -0.464 e. The fraction of sp³-hybridized carbons (Fsp3) is 0.704. The smallest absolute Gasteiger partial charge is 0.328 e. The topological polar surface area (TPSA) is 46.6 Å². The number of rotatable bonds is 16. The molecule has 0 N–H and O–H groups in total. The van der Waals surface area contributed by atoms with Crippen molar-refractivity contribution in [1.29, 1.82) is 0 Å². The van der Waals surface area contributed by atoms with Gasteiger partial charge in [0.05, 0.1) is 6.61 Å². The van der Waals surface area contributed by atoms with Crippen molar-refractivity contribution < 1.29 is 36.3 Å². The third-order valence-electron chi connectivity index (χ3n) is 6.70. The molecular formula is C27H38F5NO3.